The number of ether oxygens (including phenoxy) is 1. The molecule has 0 fully saturated rings. The second-order valence-electron chi connectivity index (χ2n) is 13.3. The summed E-state index contributed by atoms with van der Waals surface area (Å²) in [4.78, 5) is 0. The van der Waals surface area contributed by atoms with Crippen LogP contribution in [0.3, 0.4) is 0 Å². The molecule has 0 atom stereocenters. The highest BCUT2D eigenvalue weighted by Gasteiger charge is 2.34. The summed E-state index contributed by atoms with van der Waals surface area (Å²) in [5.74, 6) is 2.00. The number of aryl methyl sites for hydroxylation is 3. The Morgan fingerprint density at radius 2 is 1.51 bits per heavy atom. The Morgan fingerprint density at radius 3 is 2.22 bits per heavy atom. The summed E-state index contributed by atoms with van der Waals surface area (Å²) in [6.45, 7) is 18.2. The minimum Gasteiger partial charge on any atom is -0.455 e. The van der Waals surface area contributed by atoms with E-state index in [1.807, 2.05) is 0 Å². The van der Waals surface area contributed by atoms with Crippen LogP contribution >= 0.6 is 0 Å². The molecule has 0 spiro atoms. The van der Waals surface area contributed by atoms with E-state index in [9.17, 15) is 0 Å². The van der Waals surface area contributed by atoms with Crippen molar-refractivity contribution in [2.45, 2.75) is 67.2 Å². The number of nitrogens with zero attached hydrogens (tertiary/aromatic N) is 1. The highest BCUT2D eigenvalue weighted by molar-refractivity contribution is 6.16. The van der Waals surface area contributed by atoms with Crippen molar-refractivity contribution >= 4 is 32.3 Å². The van der Waals surface area contributed by atoms with Gasteiger partial charge in [-0.2, -0.15) is 0 Å². The van der Waals surface area contributed by atoms with Gasteiger partial charge >= 0.3 is 0 Å². The second kappa shape index (κ2) is 7.81. The first kappa shape index (κ1) is 24.0. The van der Waals surface area contributed by atoms with E-state index in [-0.39, 0.29) is 10.8 Å². The fraction of sp³-hybridized carbons (Fsp3) is 0.343. The Morgan fingerprint density at radius 1 is 0.784 bits per heavy atom. The van der Waals surface area contributed by atoms with Crippen LogP contribution in [0.25, 0.3) is 43.6 Å². The third-order valence-corrected chi connectivity index (χ3v) is 8.00. The lowest BCUT2D eigenvalue weighted by Crippen LogP contribution is -2.32. The van der Waals surface area contributed by atoms with Gasteiger partial charge in [-0.1, -0.05) is 83.5 Å². The molecular weight excluding hydrogens is 450 g/mol. The lowest BCUT2D eigenvalue weighted by Gasteiger charge is -2.28. The van der Waals surface area contributed by atoms with Gasteiger partial charge < -0.3 is 4.74 Å². The molecule has 2 nitrogen and oxygen atoms in total. The van der Waals surface area contributed by atoms with Crippen LogP contribution in [-0.4, -0.2) is 0 Å². The smallest absolute Gasteiger partial charge is 0.228 e. The molecule has 0 radical (unpaired) electrons. The molecular formula is C35H38NO+. The SMILES string of the molecule is Cc1ccc2c(CC(C)(C)C)c3c(c(C)c2c1)-c1c2c(cc4cc(C(C)(C)C)ccc4c2cc[n+]1C)O3. The van der Waals surface area contributed by atoms with Gasteiger partial charge in [0.05, 0.1) is 10.9 Å². The lowest BCUT2D eigenvalue weighted by molar-refractivity contribution is -0.659. The minimum atomic E-state index is 0.0934. The Bertz CT molecular complexity index is 1760. The topological polar surface area (TPSA) is 13.1 Å². The normalized spacial score (nSPS) is 13.3. The van der Waals surface area contributed by atoms with Gasteiger partial charge in [0.15, 0.2) is 6.20 Å². The van der Waals surface area contributed by atoms with Crippen molar-refractivity contribution < 1.29 is 9.30 Å². The molecule has 37 heavy (non-hydrogen) atoms. The molecule has 0 N–H and O–H groups in total. The maximum absolute atomic E-state index is 7.02. The van der Waals surface area contributed by atoms with Gasteiger partial charge in [-0.3, -0.25) is 0 Å². The molecule has 6 rings (SSSR count). The highest BCUT2D eigenvalue weighted by atomic mass is 16.5. The second-order valence-corrected chi connectivity index (χ2v) is 13.3. The van der Waals surface area contributed by atoms with Crippen molar-refractivity contribution in [2.75, 3.05) is 0 Å². The molecule has 2 heteroatoms. The number of pyridine rings is 1. The van der Waals surface area contributed by atoms with Crippen LogP contribution in [0.2, 0.25) is 0 Å². The third kappa shape index (κ3) is 3.72. The van der Waals surface area contributed by atoms with E-state index >= 15 is 0 Å². The van der Waals surface area contributed by atoms with Crippen LogP contribution in [0.1, 0.15) is 63.8 Å². The van der Waals surface area contributed by atoms with Gasteiger partial charge in [-0.15, -0.1) is 0 Å². The number of fused-ring (bicyclic) bond motifs is 5. The molecule has 4 aromatic carbocycles. The number of aromatic nitrogens is 1. The first-order chi connectivity index (χ1) is 17.3. The number of benzene rings is 4. The number of rotatable bonds is 1. The molecule has 5 aromatic rings. The summed E-state index contributed by atoms with van der Waals surface area (Å²) < 4.78 is 9.31. The van der Waals surface area contributed by atoms with Gasteiger partial charge in [-0.05, 0) is 69.8 Å². The Hall–Kier alpha value is -3.39. The zero-order chi connectivity index (χ0) is 26.4. The van der Waals surface area contributed by atoms with Crippen LogP contribution in [0.15, 0.2) is 54.7 Å². The molecule has 0 saturated carbocycles. The summed E-state index contributed by atoms with van der Waals surface area (Å²) in [6.07, 6.45) is 3.17. The molecule has 0 amide bonds. The van der Waals surface area contributed by atoms with Gasteiger partial charge in [0.25, 0.3) is 0 Å². The van der Waals surface area contributed by atoms with E-state index in [0.29, 0.717) is 0 Å². The average molecular weight is 489 g/mol. The maximum atomic E-state index is 7.02. The van der Waals surface area contributed by atoms with Crippen molar-refractivity contribution in [3.63, 3.8) is 0 Å². The molecule has 0 unspecified atom stereocenters. The van der Waals surface area contributed by atoms with E-state index in [1.54, 1.807) is 0 Å². The van der Waals surface area contributed by atoms with Crippen molar-refractivity contribution in [1.82, 2.24) is 0 Å². The van der Waals surface area contributed by atoms with E-state index in [4.69, 9.17) is 4.74 Å². The summed E-state index contributed by atoms with van der Waals surface area (Å²) in [6, 6.07) is 18.4. The van der Waals surface area contributed by atoms with Crippen molar-refractivity contribution in [3.05, 3.63) is 77.0 Å². The predicted octanol–water partition coefficient (Wildman–Crippen LogP) is 9.25. The fourth-order valence-electron chi connectivity index (χ4n) is 6.13. The third-order valence-electron chi connectivity index (χ3n) is 8.00. The quantitative estimate of drug-likeness (QED) is 0.166. The maximum Gasteiger partial charge on any atom is 0.228 e. The average Bonchev–Trinajstić information content (AvgIpc) is 2.81. The number of hydrogen-bond donors (Lipinski definition) is 0. The van der Waals surface area contributed by atoms with Crippen LogP contribution < -0.4 is 9.30 Å². The standard InChI is InChI=1S/C35H38NO/c1-20-10-12-25-27(16-20)21(2)30-32-31-26(14-15-36(32)9)24-13-11-23(35(6,7)8)17-22(24)18-29(31)37-33(30)28(25)19-34(3,4)5/h10-18H,19H2,1-9H3/q+1. The van der Waals surface area contributed by atoms with E-state index in [1.165, 1.54) is 65.8 Å². The van der Waals surface area contributed by atoms with Crippen LogP contribution in [0.4, 0.5) is 0 Å². The van der Waals surface area contributed by atoms with Gasteiger partial charge in [0.2, 0.25) is 5.69 Å². The predicted molar refractivity (Wildman–Crippen MR) is 157 cm³/mol. The minimum absolute atomic E-state index is 0.0934. The van der Waals surface area contributed by atoms with Crippen molar-refractivity contribution in [1.29, 1.82) is 0 Å². The fourth-order valence-corrected chi connectivity index (χ4v) is 6.13. The first-order valence-corrected chi connectivity index (χ1v) is 13.5. The van der Waals surface area contributed by atoms with Gasteiger partial charge in [0.1, 0.15) is 18.5 Å². The molecule has 1 aliphatic heterocycles. The van der Waals surface area contributed by atoms with Crippen LogP contribution in [0, 0.1) is 19.3 Å². The monoisotopic (exact) mass is 488 g/mol. The van der Waals surface area contributed by atoms with Crippen LogP contribution in [-0.2, 0) is 18.9 Å². The summed E-state index contributed by atoms with van der Waals surface area (Å²) >= 11 is 0. The largest absolute Gasteiger partial charge is 0.455 e. The lowest BCUT2D eigenvalue weighted by atomic mass is 9.81. The molecule has 1 aromatic heterocycles. The van der Waals surface area contributed by atoms with Crippen molar-refractivity contribution in [3.8, 4) is 22.8 Å². The summed E-state index contributed by atoms with van der Waals surface area (Å²) in [5.41, 5.74) is 7.96. The molecule has 1 aliphatic rings. The summed E-state index contributed by atoms with van der Waals surface area (Å²) in [5, 5.41) is 7.63. The first-order valence-electron chi connectivity index (χ1n) is 13.5. The van der Waals surface area contributed by atoms with E-state index in [2.05, 4.69) is 122 Å². The van der Waals surface area contributed by atoms with Gasteiger partial charge in [0, 0.05) is 17.0 Å². The molecule has 0 aliphatic carbocycles. The van der Waals surface area contributed by atoms with E-state index in [0.717, 1.165) is 17.9 Å². The zero-order valence-corrected chi connectivity index (χ0v) is 23.8. The Labute approximate surface area is 220 Å². The Kier molecular flexibility index (Phi) is 5.06. The Balaban J connectivity index is 1.77. The summed E-state index contributed by atoms with van der Waals surface area (Å²) in [7, 11) is 2.17. The van der Waals surface area contributed by atoms with Gasteiger partial charge in [-0.25, -0.2) is 4.57 Å². The number of hydrogen-bond acceptors (Lipinski definition) is 1. The zero-order valence-electron chi connectivity index (χ0n) is 23.8. The van der Waals surface area contributed by atoms with Crippen LogP contribution in [0.5, 0.6) is 11.5 Å². The van der Waals surface area contributed by atoms with Crippen molar-refractivity contribution in [2.24, 2.45) is 12.5 Å². The molecule has 2 heterocycles. The molecule has 188 valence electrons. The highest BCUT2D eigenvalue weighted by Crippen LogP contribution is 2.53. The molecule has 0 saturated heterocycles. The molecule has 0 bridgehead atoms. The van der Waals surface area contributed by atoms with E-state index < -0.39 is 0 Å².